The number of benzene rings is 3. The van der Waals surface area contributed by atoms with Crippen LogP contribution < -0.4 is 85.9 Å². The predicted octanol–water partition coefficient (Wildman–Crippen LogP) is -0.971. The molecule has 4 fully saturated rings. The Labute approximate surface area is 765 Å². The van der Waals surface area contributed by atoms with Crippen molar-refractivity contribution in [2.45, 2.75) is 248 Å². The summed E-state index contributed by atoms with van der Waals surface area (Å²) >= 11 is 1.89. The molecule has 130 heavy (non-hydrogen) atoms. The number of unbranched alkanes of at least 4 members (excludes halogenated alkanes) is 4. The minimum absolute atomic E-state index is 0.0145. The van der Waals surface area contributed by atoms with Crippen molar-refractivity contribution in [3.8, 4) is 17.2 Å². The van der Waals surface area contributed by atoms with Crippen LogP contribution in [-0.2, 0) is 96.2 Å². The number of likely N-dealkylation sites (tertiary alicyclic amines) is 2. The number of nitrogens with one attached hydrogen (secondary N) is 14. The lowest BCUT2D eigenvalue weighted by molar-refractivity contribution is -0.149. The van der Waals surface area contributed by atoms with Crippen LogP contribution in [0.4, 0.5) is 4.79 Å². The first-order valence-electron chi connectivity index (χ1n) is 44.6. The van der Waals surface area contributed by atoms with Crippen molar-refractivity contribution in [2.75, 3.05) is 112 Å². The van der Waals surface area contributed by atoms with Crippen molar-refractivity contribution < 1.29 is 112 Å². The van der Waals surface area contributed by atoms with Gasteiger partial charge in [0.1, 0.15) is 35.4 Å². The number of phenols is 3. The molecule has 41 nitrogen and oxygen atoms in total. The van der Waals surface area contributed by atoms with Gasteiger partial charge in [0.2, 0.25) is 70.9 Å². The Morgan fingerprint density at radius 3 is 1.34 bits per heavy atom. The number of aliphatic hydroxyl groups excluding tert-OH is 3. The van der Waals surface area contributed by atoms with Crippen molar-refractivity contribution >= 4 is 94.6 Å². The Hall–Kier alpha value is -10.3. The number of rotatable bonds is 56. The zero-order valence-corrected chi connectivity index (χ0v) is 77.2. The highest BCUT2D eigenvalue weighted by Crippen LogP contribution is 2.33. The quantitative estimate of drug-likeness (QED) is 0.0184. The van der Waals surface area contributed by atoms with Crippen molar-refractivity contribution in [1.29, 1.82) is 0 Å². The van der Waals surface area contributed by atoms with E-state index < -0.39 is 95.3 Å². The van der Waals surface area contributed by atoms with E-state index in [1.807, 2.05) is 39.5 Å². The van der Waals surface area contributed by atoms with Crippen molar-refractivity contribution in [1.82, 2.24) is 84.2 Å². The third kappa shape index (κ3) is 47.0. The fourth-order valence-corrected chi connectivity index (χ4v) is 14.8. The summed E-state index contributed by atoms with van der Waals surface area (Å²) in [7, 11) is 2.86. The summed E-state index contributed by atoms with van der Waals surface area (Å²) in [5.74, 6) is -4.05. The number of nitrogens with zero attached hydrogens (tertiary/aromatic N) is 2. The summed E-state index contributed by atoms with van der Waals surface area (Å²) in [6.45, 7) is 17.2. The molecule has 6 unspecified atom stereocenters. The van der Waals surface area contributed by atoms with Crippen molar-refractivity contribution in [2.24, 2.45) is 11.5 Å². The van der Waals surface area contributed by atoms with Gasteiger partial charge in [-0.1, -0.05) is 70.5 Å². The van der Waals surface area contributed by atoms with E-state index in [-0.39, 0.29) is 143 Å². The molecule has 4 aliphatic heterocycles. The van der Waals surface area contributed by atoms with Gasteiger partial charge < -0.3 is 131 Å². The number of aliphatic hydroxyl groups is 3. The third-order valence-corrected chi connectivity index (χ3v) is 21.6. The highest BCUT2D eigenvalue weighted by Gasteiger charge is 2.51. The number of thioether (sulfide) groups is 1. The van der Waals surface area contributed by atoms with Crippen LogP contribution in [0.15, 0.2) is 72.8 Å². The van der Waals surface area contributed by atoms with Gasteiger partial charge in [0.05, 0.1) is 95.2 Å². The molecular weight excluding hydrogens is 1710 g/mol. The molecule has 4 aliphatic rings. The average molecular weight is 1850 g/mol. The second-order valence-electron chi connectivity index (χ2n) is 31.9. The van der Waals surface area contributed by atoms with E-state index in [1.165, 1.54) is 38.4 Å². The number of carbonyl (C=O) groups is 14. The smallest absolute Gasteiger partial charge is 0.315 e. The Balaban J connectivity index is 0.000000471. The summed E-state index contributed by atoms with van der Waals surface area (Å²) in [6, 6.07) is 13.7. The first-order chi connectivity index (χ1) is 62.2. The zero-order valence-electron chi connectivity index (χ0n) is 76.4. The molecule has 15 amide bonds. The highest BCUT2D eigenvalue weighted by molar-refractivity contribution is 8.00. The summed E-state index contributed by atoms with van der Waals surface area (Å²) < 4.78 is 16.6. The van der Waals surface area contributed by atoms with Gasteiger partial charge in [-0.05, 0) is 144 Å². The minimum atomic E-state index is -1.15. The number of amides is 15. The number of hydrogen-bond donors (Lipinski definition) is 22. The molecular formula is C88H144N18O23S. The number of urea groups is 1. The Morgan fingerprint density at radius 2 is 0.900 bits per heavy atom. The Bertz CT molecular complexity index is 3890. The predicted molar refractivity (Wildman–Crippen MR) is 487 cm³/mol. The first-order valence-corrected chi connectivity index (χ1v) is 45.6. The molecule has 24 N–H and O–H groups in total. The van der Waals surface area contributed by atoms with Gasteiger partial charge in [-0.25, -0.2) is 4.79 Å². The van der Waals surface area contributed by atoms with Gasteiger partial charge in [-0.15, -0.1) is 0 Å². The van der Waals surface area contributed by atoms with Crippen LogP contribution in [0, 0.1) is 0 Å². The van der Waals surface area contributed by atoms with Crippen molar-refractivity contribution in [3.63, 3.8) is 0 Å². The maximum Gasteiger partial charge on any atom is 0.315 e. The standard InChI is InChI=1S/C31H50N6O9S.C26H35N5O6.C20H39N5O6.C7H9NO.C4H11NO/c1-20(2)36-27(40)18-23(30(36)42)37-26(39)17-21(29(37)41)32-9-5-11-44-13-15-46-16-14-45-12-6-10-33-25(38)8-4-3-7-24-28-22(19-47-24)34-31(43)35-28;1-16(2)30-21(25(36)28-14-17-4-8-19(32)9-5-17)13-24(35)31-22(12-23(34)27-3)26(37)29-15-18-6-10-20(33)11-7-18;1-14(2)24-15(19(30)22-8-4-6-10-26)13-18(29)25-16(12-17(28)21-3)20(31)23-9-5-7-11-27;8-5-6-1-3-7(9)4-2-6;5-3-1-2-4-6/h20-24,28,32H,3-19H2,1-2H3,(H,33,38)(H2,34,35,43);4-11,16,21-22,30,32-33H,12-15H2,1-3H3,(H,27,34)(H,28,36)(H,29,37)(H,31,35);14-16,24,26-27H,4-13H2,1-3H3,(H,21,28)(H,22,30)(H,23,31)(H,25,29);1-4,9H,5,8H2;6H,1-5H2/t21?,22-,23?,24-,28-;;;;/m0..../s1. The van der Waals surface area contributed by atoms with Crippen molar-refractivity contribution in [3.05, 3.63) is 89.5 Å². The second-order valence-corrected chi connectivity index (χ2v) is 33.2. The number of phenolic OH excluding ortho intramolecular Hbond substituents is 3. The van der Waals surface area contributed by atoms with Gasteiger partial charge in [0.15, 0.2) is 0 Å². The van der Waals surface area contributed by atoms with Crippen LogP contribution in [0.3, 0.4) is 0 Å². The molecule has 4 saturated heterocycles. The van der Waals surface area contributed by atoms with E-state index in [0.29, 0.717) is 123 Å². The van der Waals surface area contributed by atoms with Crippen LogP contribution in [0.5, 0.6) is 17.2 Å². The topological polar surface area (TPSA) is 615 Å². The maximum atomic E-state index is 12.8. The molecule has 0 bridgehead atoms. The van der Waals surface area contributed by atoms with Gasteiger partial charge in [-0.2, -0.15) is 11.8 Å². The highest BCUT2D eigenvalue weighted by atomic mass is 32.2. The van der Waals surface area contributed by atoms with Crippen LogP contribution in [0.1, 0.15) is 174 Å². The largest absolute Gasteiger partial charge is 0.508 e. The normalized spacial score (nSPS) is 16.9. The van der Waals surface area contributed by atoms with E-state index in [0.717, 1.165) is 70.8 Å². The lowest BCUT2D eigenvalue weighted by atomic mass is 10.0. The molecule has 3 aromatic rings. The summed E-state index contributed by atoms with van der Waals surface area (Å²) in [6.07, 6.45) is 7.58. The molecule has 730 valence electrons. The van der Waals surface area contributed by atoms with E-state index in [2.05, 4.69) is 74.4 Å². The number of nitrogens with two attached hydrogens (primary N) is 2. The summed E-state index contributed by atoms with van der Waals surface area (Å²) in [5, 5.41) is 92.6. The van der Waals surface area contributed by atoms with E-state index in [9.17, 15) is 77.3 Å². The fraction of sp³-hybridized carbons (Fsp3) is 0.636. The Morgan fingerprint density at radius 1 is 0.469 bits per heavy atom. The average Bonchev–Trinajstić information content (AvgIpc) is 1.62. The van der Waals surface area contributed by atoms with E-state index >= 15 is 0 Å². The lowest BCUT2D eigenvalue weighted by Gasteiger charge is -2.23. The molecule has 4 heterocycles. The van der Waals surface area contributed by atoms with Crippen LogP contribution in [-0.4, -0.2) is 307 Å². The van der Waals surface area contributed by atoms with Crippen LogP contribution in [0.2, 0.25) is 0 Å². The number of aromatic hydroxyl groups is 3. The number of carbonyl (C=O) groups excluding carboxylic acids is 14. The van der Waals surface area contributed by atoms with Gasteiger partial charge >= 0.3 is 6.03 Å². The second kappa shape index (κ2) is 66.2. The van der Waals surface area contributed by atoms with Gasteiger partial charge in [-0.3, -0.25) is 72.1 Å². The Kier molecular flexibility index (Phi) is 58.0. The fourth-order valence-electron chi connectivity index (χ4n) is 13.3. The molecule has 0 radical (unpaired) electrons. The lowest BCUT2D eigenvalue weighted by Crippen LogP contribution is -2.53. The number of imide groups is 2. The molecule has 0 aliphatic carbocycles. The first kappa shape index (κ1) is 114. The minimum Gasteiger partial charge on any atom is -0.508 e. The zero-order chi connectivity index (χ0) is 96.3. The van der Waals surface area contributed by atoms with Gasteiger partial charge in [0, 0.05) is 122 Å². The molecule has 3 aromatic carbocycles. The molecule has 0 spiro atoms. The number of fused-ring (bicyclic) bond motifs is 1. The molecule has 42 heteroatoms. The van der Waals surface area contributed by atoms with E-state index in [1.54, 1.807) is 62.4 Å². The number of hydrogen-bond acceptors (Lipinski definition) is 29. The monoisotopic (exact) mass is 1850 g/mol. The summed E-state index contributed by atoms with van der Waals surface area (Å²) in [5.41, 5.74) is 13.0. The summed E-state index contributed by atoms with van der Waals surface area (Å²) in [4.78, 5) is 175. The maximum absolute atomic E-state index is 12.8. The molecule has 0 saturated carbocycles. The molecule has 0 aromatic heterocycles. The van der Waals surface area contributed by atoms with Gasteiger partial charge in [0.25, 0.3) is 5.91 Å². The SMILES string of the molecule is CC(C)N1C(=O)CC(N2C(=O)CC(NCCCOCCOCCOCCCNC(=O)CCCC[C@@H]3SC[C@@H]4NC(=O)N[C@@H]43)C2=O)C1=O.CNC(=O)CC(NC(=O)CC(NC(C)C)C(=O)NCCCCO)C(=O)NCCCCO.CNC(=O)CC(NC(=O)CC(NC(C)C)C(=O)NCc1ccc(O)cc1)C(=O)NCc1ccc(O)cc1.NCCCCO.NCc1ccc(O)cc1. The van der Waals surface area contributed by atoms with Crippen LogP contribution in [0.25, 0.3) is 0 Å². The molecule has 7 rings (SSSR count). The number of ether oxygens (including phenoxy) is 3. The van der Waals surface area contributed by atoms with E-state index in [4.69, 9.17) is 46.1 Å². The van der Waals surface area contributed by atoms with Crippen LogP contribution >= 0.6 is 11.8 Å². The third-order valence-electron chi connectivity index (χ3n) is 20.1. The molecule has 9 atom stereocenters.